The van der Waals surface area contributed by atoms with Crippen LogP contribution in [0.4, 0.5) is 0 Å². The second-order valence-corrected chi connectivity index (χ2v) is 3.49. The first-order valence-corrected chi connectivity index (χ1v) is 5.45. The predicted octanol–water partition coefficient (Wildman–Crippen LogP) is 0.198. The second kappa shape index (κ2) is 7.59. The highest BCUT2D eigenvalue weighted by atomic mass is 16.5. The Labute approximate surface area is 101 Å². The summed E-state index contributed by atoms with van der Waals surface area (Å²) in [5, 5.41) is 3.14. The molecule has 0 spiro atoms. The molecule has 0 fully saturated rings. The highest BCUT2D eigenvalue weighted by Crippen LogP contribution is 2.06. The van der Waals surface area contributed by atoms with Crippen molar-refractivity contribution in [2.24, 2.45) is 10.8 Å². The number of nitrogens with zero attached hydrogens (tertiary/aromatic N) is 2. The number of aromatic nitrogens is 1. The fraction of sp³-hybridized carbons (Fsp3) is 0.455. The van der Waals surface area contributed by atoms with Gasteiger partial charge in [0.1, 0.15) is 0 Å². The van der Waals surface area contributed by atoms with Gasteiger partial charge in [-0.3, -0.25) is 10.4 Å². The molecule has 0 aliphatic carbocycles. The number of pyridine rings is 1. The van der Waals surface area contributed by atoms with E-state index >= 15 is 0 Å². The number of hydrogen-bond donors (Lipinski definition) is 3. The van der Waals surface area contributed by atoms with E-state index in [0.29, 0.717) is 19.1 Å². The van der Waals surface area contributed by atoms with Crippen LogP contribution in [0, 0.1) is 0 Å². The molecule has 0 aromatic carbocycles. The Bertz CT molecular complexity index is 341. The van der Waals surface area contributed by atoms with Crippen LogP contribution in [0.15, 0.2) is 29.4 Å². The highest BCUT2D eigenvalue weighted by molar-refractivity contribution is 5.79. The molecule has 1 aromatic heterocycles. The summed E-state index contributed by atoms with van der Waals surface area (Å²) in [6.07, 6.45) is 1.76. The number of nitrogens with one attached hydrogen (secondary N) is 2. The normalized spacial score (nSPS) is 13.2. The summed E-state index contributed by atoms with van der Waals surface area (Å²) in [4.78, 5) is 8.47. The fourth-order valence-corrected chi connectivity index (χ4v) is 1.29. The molecule has 6 nitrogen and oxygen atoms in total. The molecule has 6 heteroatoms. The molecule has 17 heavy (non-hydrogen) atoms. The van der Waals surface area contributed by atoms with Crippen LogP contribution in [-0.4, -0.2) is 31.2 Å². The molecule has 1 rings (SSSR count). The second-order valence-electron chi connectivity index (χ2n) is 3.49. The maximum atomic E-state index is 5.38. The molecule has 1 atom stereocenters. The predicted molar refractivity (Wildman–Crippen MR) is 67.3 cm³/mol. The SMILES string of the molecule is COCCN=C(NN)NC(C)c1ccccn1. The minimum Gasteiger partial charge on any atom is -0.383 e. The maximum absolute atomic E-state index is 5.38. The molecule has 94 valence electrons. The topological polar surface area (TPSA) is 84.6 Å². The van der Waals surface area contributed by atoms with Crippen LogP contribution >= 0.6 is 0 Å². The Hall–Kier alpha value is -1.66. The van der Waals surface area contributed by atoms with Crippen molar-refractivity contribution in [3.63, 3.8) is 0 Å². The molecule has 0 saturated heterocycles. The van der Waals surface area contributed by atoms with Crippen LogP contribution in [0.1, 0.15) is 18.7 Å². The van der Waals surface area contributed by atoms with E-state index < -0.39 is 0 Å². The number of nitrogens with two attached hydrogens (primary N) is 1. The van der Waals surface area contributed by atoms with E-state index in [-0.39, 0.29) is 6.04 Å². The molecule has 0 aliphatic rings. The van der Waals surface area contributed by atoms with E-state index in [1.54, 1.807) is 13.3 Å². The molecule has 4 N–H and O–H groups in total. The van der Waals surface area contributed by atoms with E-state index in [2.05, 4.69) is 20.7 Å². The molecule has 1 unspecified atom stereocenters. The summed E-state index contributed by atoms with van der Waals surface area (Å²) < 4.78 is 4.91. The lowest BCUT2D eigenvalue weighted by atomic mass is 10.2. The van der Waals surface area contributed by atoms with E-state index in [9.17, 15) is 0 Å². The summed E-state index contributed by atoms with van der Waals surface area (Å²) in [6.45, 7) is 3.11. The molecule has 0 bridgehead atoms. The Balaban J connectivity index is 2.53. The summed E-state index contributed by atoms with van der Waals surface area (Å²) in [6, 6.07) is 5.80. The van der Waals surface area contributed by atoms with Crippen LogP contribution in [-0.2, 0) is 4.74 Å². The number of methoxy groups -OCH3 is 1. The van der Waals surface area contributed by atoms with Gasteiger partial charge in [-0.25, -0.2) is 10.8 Å². The lowest BCUT2D eigenvalue weighted by Crippen LogP contribution is -2.43. The van der Waals surface area contributed by atoms with E-state index in [1.165, 1.54) is 0 Å². The summed E-state index contributed by atoms with van der Waals surface area (Å²) in [5.74, 6) is 5.90. The van der Waals surface area contributed by atoms with E-state index in [0.717, 1.165) is 5.69 Å². The summed E-state index contributed by atoms with van der Waals surface area (Å²) in [5.41, 5.74) is 3.45. The van der Waals surface area contributed by atoms with Crippen molar-refractivity contribution in [3.8, 4) is 0 Å². The van der Waals surface area contributed by atoms with E-state index in [1.807, 2.05) is 25.1 Å². The van der Waals surface area contributed by atoms with Crippen molar-refractivity contribution in [3.05, 3.63) is 30.1 Å². The minimum atomic E-state index is 0.0357. The van der Waals surface area contributed by atoms with Crippen LogP contribution in [0.2, 0.25) is 0 Å². The van der Waals surface area contributed by atoms with Crippen LogP contribution in [0.25, 0.3) is 0 Å². The maximum Gasteiger partial charge on any atom is 0.206 e. The van der Waals surface area contributed by atoms with Crippen LogP contribution < -0.4 is 16.6 Å². The molecule has 0 amide bonds. The van der Waals surface area contributed by atoms with Crippen molar-refractivity contribution < 1.29 is 4.74 Å². The number of hydrazine groups is 1. The number of hydrogen-bond acceptors (Lipinski definition) is 4. The third-order valence-corrected chi connectivity index (χ3v) is 2.19. The zero-order chi connectivity index (χ0) is 12.5. The van der Waals surface area contributed by atoms with Gasteiger partial charge in [0.2, 0.25) is 5.96 Å². The van der Waals surface area contributed by atoms with E-state index in [4.69, 9.17) is 10.6 Å². The fourth-order valence-electron chi connectivity index (χ4n) is 1.29. The van der Waals surface area contributed by atoms with Gasteiger partial charge in [0.15, 0.2) is 0 Å². The van der Waals surface area contributed by atoms with Crippen molar-refractivity contribution >= 4 is 5.96 Å². The third kappa shape index (κ3) is 4.80. The monoisotopic (exact) mass is 237 g/mol. The van der Waals surface area contributed by atoms with Crippen molar-refractivity contribution in [1.29, 1.82) is 0 Å². The van der Waals surface area contributed by atoms with Gasteiger partial charge in [-0.1, -0.05) is 6.07 Å². The van der Waals surface area contributed by atoms with Gasteiger partial charge < -0.3 is 10.1 Å². The molecule has 0 saturated carbocycles. The first-order chi connectivity index (χ1) is 8.27. The molecular formula is C11H19N5O. The number of ether oxygens (including phenoxy) is 1. The molecule has 0 radical (unpaired) electrons. The summed E-state index contributed by atoms with van der Waals surface area (Å²) in [7, 11) is 1.63. The van der Waals surface area contributed by atoms with Gasteiger partial charge in [0.25, 0.3) is 0 Å². The lowest BCUT2D eigenvalue weighted by Gasteiger charge is -2.15. The van der Waals surface area contributed by atoms with Gasteiger partial charge in [-0.2, -0.15) is 0 Å². The molecule has 0 aliphatic heterocycles. The first kappa shape index (κ1) is 13.4. The number of aliphatic imine (C=N–C) groups is 1. The van der Waals surface area contributed by atoms with Crippen molar-refractivity contribution in [1.82, 2.24) is 15.7 Å². The first-order valence-electron chi connectivity index (χ1n) is 5.45. The van der Waals surface area contributed by atoms with Gasteiger partial charge in [0, 0.05) is 13.3 Å². The Kier molecular flexibility index (Phi) is 5.98. The highest BCUT2D eigenvalue weighted by Gasteiger charge is 2.07. The van der Waals surface area contributed by atoms with Crippen molar-refractivity contribution in [2.45, 2.75) is 13.0 Å². The van der Waals surface area contributed by atoms with Crippen molar-refractivity contribution in [2.75, 3.05) is 20.3 Å². The van der Waals surface area contributed by atoms with Gasteiger partial charge in [0.05, 0.1) is 24.9 Å². The van der Waals surface area contributed by atoms with Gasteiger partial charge in [-0.15, -0.1) is 0 Å². The average Bonchev–Trinajstić information content (AvgIpc) is 2.38. The summed E-state index contributed by atoms with van der Waals surface area (Å²) >= 11 is 0. The zero-order valence-corrected chi connectivity index (χ0v) is 10.2. The molecule has 1 heterocycles. The Morgan fingerprint density at radius 3 is 3.00 bits per heavy atom. The standard InChI is InChI=1S/C11H19N5O/c1-9(10-5-3-4-6-13-10)15-11(16-12)14-7-8-17-2/h3-6,9H,7-8,12H2,1-2H3,(H2,14,15,16). The Morgan fingerprint density at radius 2 is 2.41 bits per heavy atom. The quantitative estimate of drug-likeness (QED) is 0.224. The van der Waals surface area contributed by atoms with Gasteiger partial charge in [-0.05, 0) is 19.1 Å². The average molecular weight is 237 g/mol. The lowest BCUT2D eigenvalue weighted by molar-refractivity contribution is 0.208. The number of rotatable bonds is 5. The Morgan fingerprint density at radius 1 is 1.59 bits per heavy atom. The minimum absolute atomic E-state index is 0.0357. The van der Waals surface area contributed by atoms with Gasteiger partial charge >= 0.3 is 0 Å². The number of guanidine groups is 1. The molecule has 1 aromatic rings. The zero-order valence-electron chi connectivity index (χ0n) is 10.2. The molecular weight excluding hydrogens is 218 g/mol. The van der Waals surface area contributed by atoms with Crippen LogP contribution in [0.3, 0.4) is 0 Å². The third-order valence-electron chi connectivity index (χ3n) is 2.19. The smallest absolute Gasteiger partial charge is 0.206 e. The van der Waals surface area contributed by atoms with Crippen LogP contribution in [0.5, 0.6) is 0 Å². The largest absolute Gasteiger partial charge is 0.383 e.